The van der Waals surface area contributed by atoms with Crippen molar-refractivity contribution < 1.29 is 19.2 Å². The maximum Gasteiger partial charge on any atom is 0.224 e. The van der Waals surface area contributed by atoms with E-state index in [1.165, 1.54) is 0 Å². The molecule has 4 unspecified atom stereocenters. The van der Waals surface area contributed by atoms with Crippen LogP contribution in [-0.2, 0) is 9.59 Å². The van der Waals surface area contributed by atoms with Gasteiger partial charge in [-0.25, -0.2) is 0 Å². The normalized spacial score (nSPS) is 23.5. The van der Waals surface area contributed by atoms with Gasteiger partial charge in [0.1, 0.15) is 0 Å². The Labute approximate surface area is 210 Å². The van der Waals surface area contributed by atoms with Gasteiger partial charge in [-0.05, 0) is 74.6 Å². The summed E-state index contributed by atoms with van der Waals surface area (Å²) >= 11 is 0. The standard InChI is InChI=1S/C28H32N4O4/c29-13-17-11-15(17)5-9-23(33)31-21-7-8-22(32-24(34)10-6-16-12-18(16)14-30)26-25(21)27(35)19-3-1-2-4-20(19)28(26)36/h1-4,7-8,15-18H,5-6,9-14,29-30H2,(H,31,33)(H,32,34). The Morgan fingerprint density at radius 2 is 1.11 bits per heavy atom. The highest BCUT2D eigenvalue weighted by Crippen LogP contribution is 2.42. The van der Waals surface area contributed by atoms with Crippen LogP contribution in [0.3, 0.4) is 0 Å². The molecule has 0 radical (unpaired) electrons. The van der Waals surface area contributed by atoms with E-state index in [9.17, 15) is 19.2 Å². The van der Waals surface area contributed by atoms with Crippen molar-refractivity contribution in [1.29, 1.82) is 0 Å². The molecule has 2 fully saturated rings. The monoisotopic (exact) mass is 488 g/mol. The molecule has 0 saturated heterocycles. The molecule has 2 saturated carbocycles. The first-order chi connectivity index (χ1) is 17.4. The summed E-state index contributed by atoms with van der Waals surface area (Å²) in [4.78, 5) is 52.4. The molecule has 188 valence electrons. The topological polar surface area (TPSA) is 144 Å². The van der Waals surface area contributed by atoms with E-state index < -0.39 is 0 Å². The lowest BCUT2D eigenvalue weighted by atomic mass is 9.82. The van der Waals surface area contributed by atoms with Crippen molar-refractivity contribution in [2.24, 2.45) is 35.1 Å². The first kappa shape index (κ1) is 24.3. The molecule has 4 atom stereocenters. The summed E-state index contributed by atoms with van der Waals surface area (Å²) in [5.74, 6) is 0.803. The van der Waals surface area contributed by atoms with Gasteiger partial charge < -0.3 is 22.1 Å². The number of hydrogen-bond acceptors (Lipinski definition) is 6. The van der Waals surface area contributed by atoms with Crippen LogP contribution in [0.1, 0.15) is 70.4 Å². The molecule has 2 aromatic rings. The highest BCUT2D eigenvalue weighted by Gasteiger charge is 2.37. The van der Waals surface area contributed by atoms with Gasteiger partial charge in [0.15, 0.2) is 11.6 Å². The number of benzene rings is 2. The quantitative estimate of drug-likeness (QED) is 0.345. The summed E-state index contributed by atoms with van der Waals surface area (Å²) in [7, 11) is 0. The van der Waals surface area contributed by atoms with Crippen molar-refractivity contribution in [3.8, 4) is 0 Å². The molecule has 2 aromatic carbocycles. The van der Waals surface area contributed by atoms with Crippen LogP contribution in [0.15, 0.2) is 36.4 Å². The Balaban J connectivity index is 1.38. The van der Waals surface area contributed by atoms with Crippen LogP contribution in [-0.4, -0.2) is 36.5 Å². The Morgan fingerprint density at radius 3 is 1.47 bits per heavy atom. The summed E-state index contributed by atoms with van der Waals surface area (Å²) in [5.41, 5.74) is 12.8. The number of nitrogens with two attached hydrogens (primary N) is 2. The van der Waals surface area contributed by atoms with E-state index in [4.69, 9.17) is 11.5 Å². The third-order valence-electron chi connectivity index (χ3n) is 7.85. The fourth-order valence-electron chi connectivity index (χ4n) is 5.39. The number of anilines is 2. The molecular formula is C28H32N4O4. The maximum absolute atomic E-state index is 13.5. The molecule has 8 nitrogen and oxygen atoms in total. The zero-order chi connectivity index (χ0) is 25.4. The molecule has 0 heterocycles. The lowest BCUT2D eigenvalue weighted by molar-refractivity contribution is -0.117. The van der Waals surface area contributed by atoms with Gasteiger partial charge in [-0.15, -0.1) is 0 Å². The number of rotatable bonds is 10. The Hall–Kier alpha value is -3.36. The van der Waals surface area contributed by atoms with Crippen LogP contribution in [0.4, 0.5) is 11.4 Å². The molecule has 0 aliphatic heterocycles. The molecule has 2 amide bonds. The van der Waals surface area contributed by atoms with E-state index in [1.54, 1.807) is 36.4 Å². The third-order valence-corrected chi connectivity index (χ3v) is 7.85. The number of fused-ring (bicyclic) bond motifs is 2. The van der Waals surface area contributed by atoms with Crippen LogP contribution in [0.2, 0.25) is 0 Å². The minimum Gasteiger partial charge on any atom is -0.330 e. The molecular weight excluding hydrogens is 456 g/mol. The van der Waals surface area contributed by atoms with Crippen molar-refractivity contribution >= 4 is 34.8 Å². The lowest BCUT2D eigenvalue weighted by Crippen LogP contribution is -2.26. The molecule has 0 bridgehead atoms. The van der Waals surface area contributed by atoms with E-state index in [2.05, 4.69) is 10.6 Å². The number of carbonyl (C=O) groups is 4. The van der Waals surface area contributed by atoms with Gasteiger partial charge in [-0.3, -0.25) is 19.2 Å². The first-order valence-corrected chi connectivity index (χ1v) is 12.8. The zero-order valence-electron chi connectivity index (χ0n) is 20.2. The Kier molecular flexibility index (Phi) is 6.73. The fraction of sp³-hybridized carbons (Fsp3) is 0.429. The zero-order valence-corrected chi connectivity index (χ0v) is 20.2. The molecule has 0 aromatic heterocycles. The van der Waals surface area contributed by atoms with Gasteiger partial charge in [0.2, 0.25) is 11.8 Å². The van der Waals surface area contributed by atoms with Crippen LogP contribution < -0.4 is 22.1 Å². The van der Waals surface area contributed by atoms with Crippen molar-refractivity contribution in [2.75, 3.05) is 23.7 Å². The van der Waals surface area contributed by atoms with E-state index in [0.29, 0.717) is 60.7 Å². The van der Waals surface area contributed by atoms with Crippen LogP contribution in [0.25, 0.3) is 0 Å². The number of nitrogens with one attached hydrogen (secondary N) is 2. The fourth-order valence-corrected chi connectivity index (χ4v) is 5.39. The second kappa shape index (κ2) is 9.95. The van der Waals surface area contributed by atoms with Gasteiger partial charge in [0.05, 0.1) is 22.5 Å². The van der Waals surface area contributed by atoms with E-state index in [0.717, 1.165) is 25.7 Å². The molecule has 5 rings (SSSR count). The largest absolute Gasteiger partial charge is 0.330 e. The summed E-state index contributed by atoms with van der Waals surface area (Å²) in [6.07, 6.45) is 4.21. The number of hydrogen-bond donors (Lipinski definition) is 4. The molecule has 3 aliphatic rings. The van der Waals surface area contributed by atoms with Crippen molar-refractivity contribution in [2.45, 2.75) is 38.5 Å². The SMILES string of the molecule is NCC1CC1CCC(=O)Nc1ccc(NC(=O)CCC2CC2CN)c2c1C(=O)c1ccccc1C2=O. The highest BCUT2D eigenvalue weighted by molar-refractivity contribution is 6.32. The number of amides is 2. The molecule has 36 heavy (non-hydrogen) atoms. The van der Waals surface area contributed by atoms with Crippen molar-refractivity contribution in [3.63, 3.8) is 0 Å². The Morgan fingerprint density at radius 1 is 0.694 bits per heavy atom. The van der Waals surface area contributed by atoms with Crippen LogP contribution in [0.5, 0.6) is 0 Å². The number of ketones is 2. The molecule has 6 N–H and O–H groups in total. The predicted molar refractivity (Wildman–Crippen MR) is 137 cm³/mol. The van der Waals surface area contributed by atoms with Gasteiger partial charge in [0.25, 0.3) is 0 Å². The van der Waals surface area contributed by atoms with Gasteiger partial charge in [-0.1, -0.05) is 24.3 Å². The van der Waals surface area contributed by atoms with Crippen molar-refractivity contribution in [3.05, 3.63) is 58.7 Å². The molecule has 3 aliphatic carbocycles. The molecule has 8 heteroatoms. The maximum atomic E-state index is 13.5. The lowest BCUT2D eigenvalue weighted by Gasteiger charge is -2.23. The van der Waals surface area contributed by atoms with Crippen LogP contribution >= 0.6 is 0 Å². The van der Waals surface area contributed by atoms with Gasteiger partial charge >= 0.3 is 0 Å². The first-order valence-electron chi connectivity index (χ1n) is 12.8. The van der Waals surface area contributed by atoms with Gasteiger partial charge in [0, 0.05) is 24.0 Å². The smallest absolute Gasteiger partial charge is 0.224 e. The highest BCUT2D eigenvalue weighted by atomic mass is 16.2. The second-order valence-electron chi connectivity index (χ2n) is 10.3. The Bertz CT molecular complexity index is 1150. The summed E-state index contributed by atoms with van der Waals surface area (Å²) < 4.78 is 0. The minimum atomic E-state index is -0.347. The summed E-state index contributed by atoms with van der Waals surface area (Å²) in [6, 6.07) is 9.81. The summed E-state index contributed by atoms with van der Waals surface area (Å²) in [5, 5.41) is 5.68. The second-order valence-corrected chi connectivity index (χ2v) is 10.3. The van der Waals surface area contributed by atoms with E-state index in [-0.39, 0.29) is 45.9 Å². The van der Waals surface area contributed by atoms with Gasteiger partial charge in [-0.2, -0.15) is 0 Å². The molecule has 0 spiro atoms. The van der Waals surface area contributed by atoms with Crippen molar-refractivity contribution in [1.82, 2.24) is 0 Å². The minimum absolute atomic E-state index is 0.126. The van der Waals surface area contributed by atoms with E-state index >= 15 is 0 Å². The average molecular weight is 489 g/mol. The number of carbonyl (C=O) groups excluding carboxylic acids is 4. The summed E-state index contributed by atoms with van der Waals surface area (Å²) in [6.45, 7) is 1.27. The third kappa shape index (κ3) is 4.83. The predicted octanol–water partition coefficient (Wildman–Crippen LogP) is 3.09. The van der Waals surface area contributed by atoms with Crippen LogP contribution in [0, 0.1) is 23.7 Å². The van der Waals surface area contributed by atoms with E-state index in [1.807, 2.05) is 0 Å². The average Bonchev–Trinajstić information content (AvgIpc) is 3.81.